The van der Waals surface area contributed by atoms with E-state index in [-0.39, 0.29) is 12.1 Å². The Balaban J connectivity index is 0.000000239. The Hall–Kier alpha value is -3.41. The van der Waals surface area contributed by atoms with Crippen molar-refractivity contribution in [1.29, 1.82) is 0 Å². The van der Waals surface area contributed by atoms with Crippen LogP contribution in [0.2, 0.25) is 0 Å². The highest BCUT2D eigenvalue weighted by Crippen LogP contribution is 2.31. The molecule has 2 heterocycles. The van der Waals surface area contributed by atoms with Gasteiger partial charge in [0.15, 0.2) is 5.82 Å². The van der Waals surface area contributed by atoms with E-state index in [9.17, 15) is 13.2 Å². The van der Waals surface area contributed by atoms with Gasteiger partial charge in [0.05, 0.1) is 5.56 Å². The van der Waals surface area contributed by atoms with Gasteiger partial charge in [-0.25, -0.2) is 15.4 Å². The molecule has 12 heteroatoms. The van der Waals surface area contributed by atoms with Gasteiger partial charge < -0.3 is 22.2 Å². The van der Waals surface area contributed by atoms with E-state index in [1.807, 2.05) is 6.07 Å². The highest BCUT2D eigenvalue weighted by molar-refractivity contribution is 5.86. The number of alkyl halides is 3. The molecule has 3 fully saturated rings. The van der Waals surface area contributed by atoms with E-state index in [0.717, 1.165) is 36.1 Å². The molecule has 0 bridgehead atoms. The first-order valence-corrected chi connectivity index (χ1v) is 13.0. The molecular formula is C26H37F3N8O. The Labute approximate surface area is 221 Å². The average Bonchev–Trinajstić information content (AvgIpc) is 3.58. The maximum absolute atomic E-state index is 11.9. The SMILES string of the molecule is NC=O.Nc1cccc(C(F)(F)F)c1.c1cc(N=C2CC(C3CCCC3)NN2)nc(NC2CCCCC2)n1. The molecule has 5 rings (SSSR count). The summed E-state index contributed by atoms with van der Waals surface area (Å²) in [6.45, 7) is 0. The number of rotatable bonds is 4. The minimum Gasteiger partial charge on any atom is -0.399 e. The predicted octanol–water partition coefficient (Wildman–Crippen LogP) is 4.70. The van der Waals surface area contributed by atoms with E-state index < -0.39 is 11.7 Å². The van der Waals surface area contributed by atoms with Gasteiger partial charge in [-0.2, -0.15) is 18.2 Å². The monoisotopic (exact) mass is 534 g/mol. The van der Waals surface area contributed by atoms with Crippen molar-refractivity contribution in [2.24, 2.45) is 16.6 Å². The van der Waals surface area contributed by atoms with Gasteiger partial charge in [0.1, 0.15) is 5.84 Å². The number of aromatic nitrogens is 2. The van der Waals surface area contributed by atoms with Gasteiger partial charge >= 0.3 is 6.18 Å². The van der Waals surface area contributed by atoms with Crippen molar-refractivity contribution in [3.05, 3.63) is 42.1 Å². The van der Waals surface area contributed by atoms with E-state index >= 15 is 0 Å². The molecule has 1 aromatic carbocycles. The largest absolute Gasteiger partial charge is 0.416 e. The second-order valence-electron chi connectivity index (χ2n) is 9.66. The molecule has 2 aliphatic carbocycles. The number of aliphatic imine (C=N–C) groups is 1. The summed E-state index contributed by atoms with van der Waals surface area (Å²) in [4.78, 5) is 22.2. The number of halogens is 3. The zero-order valence-corrected chi connectivity index (χ0v) is 21.4. The molecule has 1 atom stereocenters. The van der Waals surface area contributed by atoms with Crippen LogP contribution in [-0.4, -0.2) is 34.3 Å². The van der Waals surface area contributed by atoms with Crippen molar-refractivity contribution in [2.75, 3.05) is 11.1 Å². The summed E-state index contributed by atoms with van der Waals surface area (Å²) in [5.74, 6) is 3.23. The van der Waals surface area contributed by atoms with Crippen LogP contribution in [0.5, 0.6) is 0 Å². The van der Waals surface area contributed by atoms with Gasteiger partial charge in [0.2, 0.25) is 12.4 Å². The van der Waals surface area contributed by atoms with Gasteiger partial charge in [0, 0.05) is 36.5 Å². The zero-order valence-electron chi connectivity index (χ0n) is 21.4. The molecule has 2 saturated carbocycles. The van der Waals surface area contributed by atoms with Crippen LogP contribution in [0.25, 0.3) is 0 Å². The van der Waals surface area contributed by atoms with Crippen LogP contribution < -0.4 is 27.6 Å². The van der Waals surface area contributed by atoms with E-state index in [4.69, 9.17) is 10.5 Å². The van der Waals surface area contributed by atoms with E-state index in [1.165, 1.54) is 69.9 Å². The lowest BCUT2D eigenvalue weighted by molar-refractivity contribution is -0.137. The molecule has 2 aromatic rings. The summed E-state index contributed by atoms with van der Waals surface area (Å²) in [5, 5.41) is 3.47. The third kappa shape index (κ3) is 9.47. The number of nitrogen functional groups attached to an aromatic ring is 1. The van der Waals surface area contributed by atoms with E-state index in [0.29, 0.717) is 18.0 Å². The maximum atomic E-state index is 11.9. The average molecular weight is 535 g/mol. The first-order valence-electron chi connectivity index (χ1n) is 13.0. The van der Waals surface area contributed by atoms with E-state index in [2.05, 4.69) is 36.9 Å². The number of nitrogens with two attached hydrogens (primary N) is 2. The fourth-order valence-electron chi connectivity index (χ4n) is 4.97. The van der Waals surface area contributed by atoms with Crippen molar-refractivity contribution >= 4 is 29.7 Å². The number of amides is 1. The minimum absolute atomic E-state index is 0.125. The maximum Gasteiger partial charge on any atom is 0.416 e. The lowest BCUT2D eigenvalue weighted by Crippen LogP contribution is -2.35. The smallest absolute Gasteiger partial charge is 0.399 e. The van der Waals surface area contributed by atoms with Crippen LogP contribution in [-0.2, 0) is 11.0 Å². The molecule has 1 unspecified atom stereocenters. The van der Waals surface area contributed by atoms with Crippen molar-refractivity contribution in [3.8, 4) is 0 Å². The number of anilines is 2. The summed E-state index contributed by atoms with van der Waals surface area (Å²) in [7, 11) is 0. The summed E-state index contributed by atoms with van der Waals surface area (Å²) < 4.78 is 35.7. The standard InChI is InChI=1S/C18H28N6.C7H6F3N.CH3NO/c1-2-8-14(9-3-1)20-18-19-11-10-16(22-18)21-17-12-15(23-24-17)13-6-4-5-7-13;8-7(9,10)5-2-1-3-6(11)4-5;2-1-3/h10-11,13-15,23H,1-9,12H2,(H2,19,20,21,22,24);1-4H,11H2;1H,(H2,2,3). The number of hydrogen-bond acceptors (Lipinski definition) is 7. The Morgan fingerprint density at radius 2 is 1.74 bits per heavy atom. The fraction of sp³-hybridized carbons (Fsp3) is 0.538. The topological polar surface area (TPSA) is 143 Å². The minimum atomic E-state index is -4.30. The number of carbonyl (C=O) groups is 1. The number of hydrazine groups is 1. The molecule has 1 aliphatic heterocycles. The number of nitrogens with zero attached hydrogens (tertiary/aromatic N) is 3. The number of nitrogens with one attached hydrogen (secondary N) is 3. The molecule has 1 saturated heterocycles. The molecule has 7 N–H and O–H groups in total. The van der Waals surface area contributed by atoms with Crippen LogP contribution in [0.15, 0.2) is 41.5 Å². The van der Waals surface area contributed by atoms with Crippen LogP contribution in [0.1, 0.15) is 69.8 Å². The van der Waals surface area contributed by atoms with Crippen LogP contribution in [0.4, 0.5) is 30.6 Å². The third-order valence-corrected chi connectivity index (χ3v) is 6.83. The van der Waals surface area contributed by atoms with Crippen molar-refractivity contribution in [1.82, 2.24) is 20.8 Å². The molecular weight excluding hydrogens is 497 g/mol. The number of hydrogen-bond donors (Lipinski definition) is 5. The summed E-state index contributed by atoms with van der Waals surface area (Å²) >= 11 is 0. The van der Waals surface area contributed by atoms with Gasteiger partial charge in [-0.05, 0) is 49.8 Å². The molecule has 3 aliphatic rings. The second-order valence-corrected chi connectivity index (χ2v) is 9.66. The normalized spacial score (nSPS) is 21.0. The number of amidine groups is 1. The molecule has 9 nitrogen and oxygen atoms in total. The molecule has 0 radical (unpaired) electrons. The Morgan fingerprint density at radius 1 is 1.05 bits per heavy atom. The molecule has 1 amide bonds. The highest BCUT2D eigenvalue weighted by atomic mass is 19.4. The Bertz CT molecular complexity index is 1040. The van der Waals surface area contributed by atoms with Crippen molar-refractivity contribution < 1.29 is 18.0 Å². The quantitative estimate of drug-likeness (QED) is 0.283. The number of carbonyl (C=O) groups excluding carboxylic acids is 1. The second kappa shape index (κ2) is 14.5. The third-order valence-electron chi connectivity index (χ3n) is 6.83. The molecule has 208 valence electrons. The summed E-state index contributed by atoms with van der Waals surface area (Å²) in [5.41, 5.74) is 15.4. The van der Waals surface area contributed by atoms with Crippen molar-refractivity contribution in [3.63, 3.8) is 0 Å². The fourth-order valence-corrected chi connectivity index (χ4v) is 4.97. The number of benzene rings is 1. The summed E-state index contributed by atoms with van der Waals surface area (Å²) in [6.07, 6.45) is 10.6. The van der Waals surface area contributed by atoms with Crippen LogP contribution >= 0.6 is 0 Å². The predicted molar refractivity (Wildman–Crippen MR) is 142 cm³/mol. The lowest BCUT2D eigenvalue weighted by atomic mass is 9.96. The highest BCUT2D eigenvalue weighted by Gasteiger charge is 2.31. The van der Waals surface area contributed by atoms with Gasteiger partial charge in [-0.15, -0.1) is 0 Å². The Morgan fingerprint density at radius 3 is 2.37 bits per heavy atom. The first-order chi connectivity index (χ1) is 18.3. The Kier molecular flexibility index (Phi) is 11.1. The van der Waals surface area contributed by atoms with Gasteiger partial charge in [-0.1, -0.05) is 38.2 Å². The molecule has 38 heavy (non-hydrogen) atoms. The lowest BCUT2D eigenvalue weighted by Gasteiger charge is -2.22. The molecule has 1 aromatic heterocycles. The van der Waals surface area contributed by atoms with Crippen LogP contribution in [0.3, 0.4) is 0 Å². The molecule has 0 spiro atoms. The summed E-state index contributed by atoms with van der Waals surface area (Å²) in [6, 6.07) is 7.49. The van der Waals surface area contributed by atoms with Gasteiger partial charge in [-0.3, -0.25) is 4.79 Å². The van der Waals surface area contributed by atoms with Crippen LogP contribution in [0, 0.1) is 5.92 Å². The zero-order chi connectivity index (χ0) is 27.4. The number of primary amides is 1. The van der Waals surface area contributed by atoms with Crippen molar-refractivity contribution in [2.45, 2.75) is 82.5 Å². The van der Waals surface area contributed by atoms with Gasteiger partial charge in [0.25, 0.3) is 0 Å². The first kappa shape index (κ1) is 29.2. The van der Waals surface area contributed by atoms with E-state index in [1.54, 1.807) is 6.20 Å².